The molecule has 0 aliphatic heterocycles. The van der Waals surface area contributed by atoms with Crippen molar-refractivity contribution in [2.24, 2.45) is 0 Å². The fraction of sp³-hybridized carbons (Fsp3) is 0. The Bertz CT molecular complexity index is 563. The van der Waals surface area contributed by atoms with Crippen LogP contribution in [0.2, 0.25) is 0 Å². The number of aromatic nitrogens is 6. The van der Waals surface area contributed by atoms with Gasteiger partial charge in [0.05, 0.1) is 0 Å². The SMILES string of the molecule is O=C(/C=C\C(=O)Oc1ncncn1)Oc1ncncn1. The summed E-state index contributed by atoms with van der Waals surface area (Å²) in [6, 6.07) is -0.360. The molecule has 2 rings (SSSR count). The molecule has 2 heterocycles. The lowest BCUT2D eigenvalue weighted by Gasteiger charge is -1.97. The van der Waals surface area contributed by atoms with Gasteiger partial charge in [0.1, 0.15) is 25.3 Å². The third-order valence-electron chi connectivity index (χ3n) is 1.68. The van der Waals surface area contributed by atoms with Crippen molar-refractivity contribution in [2.45, 2.75) is 0 Å². The third kappa shape index (κ3) is 4.18. The Morgan fingerprint density at radius 2 is 1.10 bits per heavy atom. The molecule has 0 fully saturated rings. The van der Waals surface area contributed by atoms with Gasteiger partial charge < -0.3 is 9.47 Å². The van der Waals surface area contributed by atoms with E-state index in [9.17, 15) is 9.59 Å². The molecule has 0 aliphatic rings. The molecule has 0 amide bonds. The minimum Gasteiger partial charge on any atom is -0.387 e. The van der Waals surface area contributed by atoms with Crippen LogP contribution in [-0.2, 0) is 9.59 Å². The fourth-order valence-corrected chi connectivity index (χ4v) is 0.947. The van der Waals surface area contributed by atoms with Gasteiger partial charge in [-0.3, -0.25) is 0 Å². The minimum absolute atomic E-state index is 0.180. The Hall–Kier alpha value is -3.30. The molecule has 0 unspecified atom stereocenters. The summed E-state index contributed by atoms with van der Waals surface area (Å²) in [5.41, 5.74) is 0. The molecule has 2 aromatic rings. The van der Waals surface area contributed by atoms with E-state index in [2.05, 4.69) is 39.4 Å². The number of carbonyl (C=O) groups is 2. The predicted molar refractivity (Wildman–Crippen MR) is 60.1 cm³/mol. The Morgan fingerprint density at radius 3 is 1.45 bits per heavy atom. The molecular weight excluding hydrogens is 268 g/mol. The first kappa shape index (κ1) is 13.1. The molecule has 100 valence electrons. The van der Waals surface area contributed by atoms with Crippen molar-refractivity contribution < 1.29 is 19.1 Å². The summed E-state index contributed by atoms with van der Waals surface area (Å²) in [5.74, 6) is -1.69. The predicted octanol–water partition coefficient (Wildman–Crippen LogP) is -0.876. The van der Waals surface area contributed by atoms with E-state index in [1.54, 1.807) is 0 Å². The van der Waals surface area contributed by atoms with Crippen molar-refractivity contribution in [1.29, 1.82) is 0 Å². The van der Waals surface area contributed by atoms with Gasteiger partial charge in [0, 0.05) is 12.2 Å². The summed E-state index contributed by atoms with van der Waals surface area (Å²) < 4.78 is 9.36. The van der Waals surface area contributed by atoms with Gasteiger partial charge in [-0.2, -0.15) is 19.9 Å². The van der Waals surface area contributed by atoms with Gasteiger partial charge >= 0.3 is 24.0 Å². The van der Waals surface area contributed by atoms with Crippen LogP contribution in [0, 0.1) is 0 Å². The molecule has 10 heteroatoms. The van der Waals surface area contributed by atoms with E-state index in [1.165, 1.54) is 0 Å². The van der Waals surface area contributed by atoms with Crippen LogP contribution in [0.3, 0.4) is 0 Å². The van der Waals surface area contributed by atoms with Crippen LogP contribution in [0.1, 0.15) is 0 Å². The van der Waals surface area contributed by atoms with Crippen LogP contribution in [0.15, 0.2) is 37.5 Å². The fourth-order valence-electron chi connectivity index (χ4n) is 0.947. The first-order chi connectivity index (χ1) is 9.74. The molecule has 0 saturated heterocycles. The Kier molecular flexibility index (Phi) is 4.33. The molecule has 0 radical (unpaired) electrons. The van der Waals surface area contributed by atoms with Crippen LogP contribution in [0.25, 0.3) is 0 Å². The number of hydrogen-bond donors (Lipinski definition) is 0. The van der Waals surface area contributed by atoms with Gasteiger partial charge in [0.2, 0.25) is 0 Å². The quantitative estimate of drug-likeness (QED) is 0.511. The van der Waals surface area contributed by atoms with Crippen molar-refractivity contribution in [3.63, 3.8) is 0 Å². The topological polar surface area (TPSA) is 130 Å². The summed E-state index contributed by atoms with van der Waals surface area (Å²) in [7, 11) is 0. The molecule has 0 N–H and O–H groups in total. The molecule has 0 aliphatic carbocycles. The van der Waals surface area contributed by atoms with E-state index in [-0.39, 0.29) is 12.0 Å². The smallest absolute Gasteiger partial charge is 0.338 e. The van der Waals surface area contributed by atoms with Crippen molar-refractivity contribution in [1.82, 2.24) is 29.9 Å². The molecule has 2 aromatic heterocycles. The number of rotatable bonds is 4. The second-order valence-electron chi connectivity index (χ2n) is 3.02. The van der Waals surface area contributed by atoms with Gasteiger partial charge in [0.25, 0.3) is 0 Å². The van der Waals surface area contributed by atoms with Gasteiger partial charge in [0.15, 0.2) is 0 Å². The highest BCUT2D eigenvalue weighted by Crippen LogP contribution is 1.99. The maximum absolute atomic E-state index is 11.3. The minimum atomic E-state index is -0.844. The van der Waals surface area contributed by atoms with Crippen LogP contribution in [0.4, 0.5) is 0 Å². The summed E-state index contributed by atoms with van der Waals surface area (Å²) in [6.45, 7) is 0. The molecular formula is C10H6N6O4. The maximum atomic E-state index is 11.3. The normalized spacial score (nSPS) is 10.2. The highest BCUT2D eigenvalue weighted by molar-refractivity contribution is 5.92. The second-order valence-corrected chi connectivity index (χ2v) is 3.02. The van der Waals surface area contributed by atoms with E-state index in [4.69, 9.17) is 0 Å². The zero-order chi connectivity index (χ0) is 14.2. The molecule has 0 atom stereocenters. The number of nitrogens with zero attached hydrogens (tertiary/aromatic N) is 6. The highest BCUT2D eigenvalue weighted by Gasteiger charge is 2.06. The maximum Gasteiger partial charge on any atom is 0.338 e. The van der Waals surface area contributed by atoms with Crippen LogP contribution < -0.4 is 9.47 Å². The lowest BCUT2D eigenvalue weighted by Crippen LogP contribution is -2.10. The Morgan fingerprint density at radius 1 is 0.750 bits per heavy atom. The summed E-state index contributed by atoms with van der Waals surface area (Å²) >= 11 is 0. The molecule has 0 saturated carbocycles. The standard InChI is InChI=1S/C10H6N6O4/c17-7(19-9-13-3-11-4-14-9)1-2-8(18)20-10-15-5-12-6-16-10/h1-6H/b2-1-. The van der Waals surface area contributed by atoms with Crippen molar-refractivity contribution in [2.75, 3.05) is 0 Å². The molecule has 0 bridgehead atoms. The number of ether oxygens (including phenoxy) is 2. The zero-order valence-corrected chi connectivity index (χ0v) is 9.78. The number of carbonyl (C=O) groups excluding carboxylic acids is 2. The summed E-state index contributed by atoms with van der Waals surface area (Å²) in [4.78, 5) is 44.0. The van der Waals surface area contributed by atoms with E-state index < -0.39 is 11.9 Å². The van der Waals surface area contributed by atoms with Gasteiger partial charge in [-0.05, 0) is 0 Å². The summed E-state index contributed by atoms with van der Waals surface area (Å²) in [6.07, 6.45) is 6.35. The number of esters is 2. The van der Waals surface area contributed by atoms with E-state index in [1.807, 2.05) is 0 Å². The Labute approximate surface area is 111 Å². The van der Waals surface area contributed by atoms with Crippen molar-refractivity contribution >= 4 is 11.9 Å². The first-order valence-electron chi connectivity index (χ1n) is 5.10. The van der Waals surface area contributed by atoms with Crippen LogP contribution in [0.5, 0.6) is 12.0 Å². The summed E-state index contributed by atoms with van der Waals surface area (Å²) in [5, 5.41) is 0. The van der Waals surface area contributed by atoms with E-state index in [0.717, 1.165) is 37.5 Å². The number of hydrogen-bond acceptors (Lipinski definition) is 10. The molecule has 0 aromatic carbocycles. The van der Waals surface area contributed by atoms with Gasteiger partial charge in [-0.1, -0.05) is 0 Å². The lowest BCUT2D eigenvalue weighted by atomic mass is 10.5. The molecule has 10 nitrogen and oxygen atoms in total. The Balaban J connectivity index is 1.86. The van der Waals surface area contributed by atoms with E-state index >= 15 is 0 Å². The molecule has 0 spiro atoms. The first-order valence-corrected chi connectivity index (χ1v) is 5.10. The average molecular weight is 274 g/mol. The largest absolute Gasteiger partial charge is 0.387 e. The zero-order valence-electron chi connectivity index (χ0n) is 9.78. The van der Waals surface area contributed by atoms with Gasteiger partial charge in [-0.15, -0.1) is 0 Å². The monoisotopic (exact) mass is 274 g/mol. The van der Waals surface area contributed by atoms with Crippen LogP contribution in [-0.4, -0.2) is 41.8 Å². The molecule has 20 heavy (non-hydrogen) atoms. The van der Waals surface area contributed by atoms with Crippen LogP contribution >= 0.6 is 0 Å². The average Bonchev–Trinajstić information content (AvgIpc) is 2.47. The van der Waals surface area contributed by atoms with Gasteiger partial charge in [-0.25, -0.2) is 19.6 Å². The lowest BCUT2D eigenvalue weighted by molar-refractivity contribution is -0.132. The van der Waals surface area contributed by atoms with Crippen molar-refractivity contribution in [3.05, 3.63) is 37.5 Å². The highest BCUT2D eigenvalue weighted by atomic mass is 16.6. The second kappa shape index (κ2) is 6.58. The van der Waals surface area contributed by atoms with E-state index in [0.29, 0.717) is 0 Å². The third-order valence-corrected chi connectivity index (χ3v) is 1.68. The van der Waals surface area contributed by atoms with Crippen molar-refractivity contribution in [3.8, 4) is 12.0 Å².